The number of rotatable bonds is 4. The van der Waals surface area contributed by atoms with Crippen LogP contribution in [0.5, 0.6) is 0 Å². The zero-order valence-electron chi connectivity index (χ0n) is 14.6. The number of nitrogens with one attached hydrogen (secondary N) is 2. The lowest BCUT2D eigenvalue weighted by atomic mass is 10.0. The van der Waals surface area contributed by atoms with Crippen LogP contribution in [0, 0.1) is 29.9 Å². The minimum Gasteiger partial charge on any atom is -0.380 e. The van der Waals surface area contributed by atoms with Crippen LogP contribution in [0.4, 0.5) is 14.5 Å². The van der Waals surface area contributed by atoms with E-state index in [-0.39, 0.29) is 23.3 Å². The summed E-state index contributed by atoms with van der Waals surface area (Å²) in [5.41, 5.74) is 0.251. The summed E-state index contributed by atoms with van der Waals surface area (Å²) in [5.74, 6) is -2.50. The molecule has 1 aromatic heterocycles. The van der Waals surface area contributed by atoms with E-state index in [1.165, 1.54) is 6.92 Å². The van der Waals surface area contributed by atoms with Crippen molar-refractivity contribution >= 4 is 22.6 Å². The molecular formula is C19H16F2N4O2. The van der Waals surface area contributed by atoms with Crippen molar-refractivity contribution in [1.82, 2.24) is 9.97 Å². The maximum atomic E-state index is 13.3. The number of hydrogen-bond donors (Lipinski definition) is 3. The van der Waals surface area contributed by atoms with Crippen LogP contribution in [0.2, 0.25) is 0 Å². The van der Waals surface area contributed by atoms with Crippen LogP contribution in [0.25, 0.3) is 11.0 Å². The van der Waals surface area contributed by atoms with Gasteiger partial charge in [0.25, 0.3) is 5.91 Å². The van der Waals surface area contributed by atoms with Gasteiger partial charge in [0.05, 0.1) is 22.7 Å². The molecule has 0 aliphatic heterocycles. The van der Waals surface area contributed by atoms with E-state index in [4.69, 9.17) is 5.26 Å². The Morgan fingerprint density at radius 2 is 2.04 bits per heavy atom. The van der Waals surface area contributed by atoms with Gasteiger partial charge in [-0.1, -0.05) is 0 Å². The number of imidazole rings is 1. The first-order valence-electron chi connectivity index (χ1n) is 8.08. The molecule has 138 valence electrons. The summed E-state index contributed by atoms with van der Waals surface area (Å²) in [6.07, 6.45) is -0.188. The van der Waals surface area contributed by atoms with Gasteiger partial charge in [0.15, 0.2) is 11.6 Å². The van der Waals surface area contributed by atoms with Gasteiger partial charge in [-0.3, -0.25) is 4.79 Å². The van der Waals surface area contributed by atoms with Crippen LogP contribution in [0.1, 0.15) is 23.9 Å². The van der Waals surface area contributed by atoms with Crippen LogP contribution in [-0.2, 0) is 11.2 Å². The second-order valence-electron chi connectivity index (χ2n) is 6.51. The monoisotopic (exact) mass is 370 g/mol. The summed E-state index contributed by atoms with van der Waals surface area (Å²) in [5, 5.41) is 22.1. The summed E-state index contributed by atoms with van der Waals surface area (Å²) in [4.78, 5) is 19.3. The van der Waals surface area contributed by atoms with Crippen molar-refractivity contribution in [3.05, 3.63) is 58.9 Å². The lowest BCUT2D eigenvalue weighted by Gasteiger charge is -2.21. The second-order valence-corrected chi connectivity index (χ2v) is 6.51. The number of H-pyrrole nitrogens is 1. The molecule has 3 N–H and O–H groups in total. The van der Waals surface area contributed by atoms with E-state index in [0.29, 0.717) is 16.8 Å². The molecule has 0 unspecified atom stereocenters. The lowest BCUT2D eigenvalue weighted by Crippen LogP contribution is -2.42. The van der Waals surface area contributed by atoms with Gasteiger partial charge < -0.3 is 15.4 Å². The van der Waals surface area contributed by atoms with Crippen LogP contribution in [0.3, 0.4) is 0 Å². The average molecular weight is 370 g/mol. The molecule has 27 heavy (non-hydrogen) atoms. The van der Waals surface area contributed by atoms with Gasteiger partial charge in [-0.2, -0.15) is 5.26 Å². The molecule has 3 aromatic rings. The van der Waals surface area contributed by atoms with Gasteiger partial charge in [-0.25, -0.2) is 13.8 Å². The number of aromatic amines is 1. The highest BCUT2D eigenvalue weighted by Crippen LogP contribution is 2.21. The molecule has 8 heteroatoms. The van der Waals surface area contributed by atoms with Crippen LogP contribution in [0.15, 0.2) is 30.3 Å². The number of nitriles is 1. The quantitative estimate of drug-likeness (QED) is 0.657. The Labute approximate surface area is 153 Å². The molecule has 1 atom stereocenters. The van der Waals surface area contributed by atoms with Crippen molar-refractivity contribution in [3.8, 4) is 6.07 Å². The Balaban J connectivity index is 1.78. The van der Waals surface area contributed by atoms with Gasteiger partial charge in [0, 0.05) is 24.2 Å². The van der Waals surface area contributed by atoms with Gasteiger partial charge in [-0.15, -0.1) is 0 Å². The molecule has 1 amide bonds. The third kappa shape index (κ3) is 3.78. The van der Waals surface area contributed by atoms with Crippen molar-refractivity contribution in [3.63, 3.8) is 0 Å². The normalized spacial score (nSPS) is 13.2. The summed E-state index contributed by atoms with van der Waals surface area (Å²) < 4.78 is 26.6. The number of aryl methyl sites for hydroxylation is 1. The number of anilines is 1. The Bertz CT molecular complexity index is 1040. The van der Waals surface area contributed by atoms with E-state index in [1.807, 2.05) is 6.07 Å². The maximum absolute atomic E-state index is 13.3. The largest absolute Gasteiger partial charge is 0.380 e. The standard InChI is InChI=1S/C19H16F2N4O2/c1-10-5-12(4-3-11(10)9-22)23-18(26)19(2,27)8-17-24-15-6-13(20)14(21)7-16(15)25-17/h3-7,27H,8H2,1-2H3,(H,23,26)(H,24,25)/t19-/m0/s1. The fourth-order valence-electron chi connectivity index (χ4n) is 2.68. The zero-order chi connectivity index (χ0) is 19.8. The molecule has 0 aliphatic carbocycles. The van der Waals surface area contributed by atoms with Crippen molar-refractivity contribution in [2.24, 2.45) is 0 Å². The Morgan fingerprint density at radius 1 is 1.33 bits per heavy atom. The highest BCUT2D eigenvalue weighted by Gasteiger charge is 2.32. The maximum Gasteiger partial charge on any atom is 0.256 e. The van der Waals surface area contributed by atoms with Gasteiger partial charge in [0.1, 0.15) is 11.4 Å². The molecule has 0 radical (unpaired) electrons. The Morgan fingerprint density at radius 3 is 2.70 bits per heavy atom. The number of halogens is 2. The van der Waals surface area contributed by atoms with Crippen molar-refractivity contribution in [2.45, 2.75) is 25.9 Å². The number of fused-ring (bicyclic) bond motifs is 1. The van der Waals surface area contributed by atoms with Crippen molar-refractivity contribution < 1.29 is 18.7 Å². The van der Waals surface area contributed by atoms with E-state index in [0.717, 1.165) is 12.1 Å². The summed E-state index contributed by atoms with van der Waals surface area (Å²) in [7, 11) is 0. The number of aliphatic hydroxyl groups is 1. The van der Waals surface area contributed by atoms with Gasteiger partial charge >= 0.3 is 0 Å². The van der Waals surface area contributed by atoms with E-state index < -0.39 is 23.1 Å². The fraction of sp³-hybridized carbons (Fsp3) is 0.211. The highest BCUT2D eigenvalue weighted by atomic mass is 19.2. The zero-order valence-corrected chi connectivity index (χ0v) is 14.6. The Kier molecular flexibility index (Phi) is 4.64. The molecule has 2 aromatic carbocycles. The Hall–Kier alpha value is -3.31. The van der Waals surface area contributed by atoms with Crippen LogP contribution < -0.4 is 5.32 Å². The van der Waals surface area contributed by atoms with Gasteiger partial charge in [-0.05, 0) is 37.6 Å². The molecule has 0 bridgehead atoms. The average Bonchev–Trinajstić information content (AvgIpc) is 2.95. The third-order valence-electron chi connectivity index (χ3n) is 4.18. The molecule has 1 heterocycles. The molecule has 0 fully saturated rings. The number of carbonyl (C=O) groups excluding carboxylic acids is 1. The van der Waals surface area contributed by atoms with E-state index in [2.05, 4.69) is 15.3 Å². The number of nitrogens with zero attached hydrogens (tertiary/aromatic N) is 2. The number of amides is 1. The number of carbonyl (C=O) groups is 1. The molecule has 0 aliphatic rings. The first-order chi connectivity index (χ1) is 12.7. The smallest absolute Gasteiger partial charge is 0.256 e. The van der Waals surface area contributed by atoms with Crippen LogP contribution in [-0.4, -0.2) is 26.6 Å². The minimum absolute atomic E-state index is 0.188. The van der Waals surface area contributed by atoms with E-state index >= 15 is 0 Å². The second kappa shape index (κ2) is 6.78. The predicted octanol–water partition coefficient (Wildman–Crippen LogP) is 2.95. The number of aromatic nitrogens is 2. The number of benzene rings is 2. The first kappa shape index (κ1) is 18.5. The lowest BCUT2D eigenvalue weighted by molar-refractivity contribution is -0.132. The molecule has 3 rings (SSSR count). The fourth-order valence-corrected chi connectivity index (χ4v) is 2.68. The summed E-state index contributed by atoms with van der Waals surface area (Å²) >= 11 is 0. The SMILES string of the molecule is Cc1cc(NC(=O)[C@@](C)(O)Cc2nc3cc(F)c(F)cc3[nH]2)ccc1C#N. The third-order valence-corrected chi connectivity index (χ3v) is 4.18. The molecule has 6 nitrogen and oxygen atoms in total. The number of hydrogen-bond acceptors (Lipinski definition) is 4. The summed E-state index contributed by atoms with van der Waals surface area (Å²) in [6.45, 7) is 3.05. The molecular weight excluding hydrogens is 354 g/mol. The predicted molar refractivity (Wildman–Crippen MR) is 94.9 cm³/mol. The first-order valence-corrected chi connectivity index (χ1v) is 8.08. The minimum atomic E-state index is -1.83. The van der Waals surface area contributed by atoms with Gasteiger partial charge in [0.2, 0.25) is 0 Å². The van der Waals surface area contributed by atoms with E-state index in [9.17, 15) is 18.7 Å². The summed E-state index contributed by atoms with van der Waals surface area (Å²) in [6, 6.07) is 8.70. The molecule has 0 saturated carbocycles. The van der Waals surface area contributed by atoms with Crippen molar-refractivity contribution in [2.75, 3.05) is 5.32 Å². The molecule has 0 saturated heterocycles. The topological polar surface area (TPSA) is 102 Å². The van der Waals surface area contributed by atoms with E-state index in [1.54, 1.807) is 25.1 Å². The van der Waals surface area contributed by atoms with Crippen LogP contribution >= 0.6 is 0 Å². The highest BCUT2D eigenvalue weighted by molar-refractivity contribution is 5.97. The van der Waals surface area contributed by atoms with Crippen molar-refractivity contribution in [1.29, 1.82) is 5.26 Å². The molecule has 0 spiro atoms.